The number of carbonyl (C=O) groups is 3. The third-order valence-corrected chi connectivity index (χ3v) is 8.66. The fourth-order valence-electron chi connectivity index (χ4n) is 5.50. The van der Waals surface area contributed by atoms with E-state index in [0.717, 1.165) is 23.9 Å². The fraction of sp³-hybridized carbons (Fsp3) is 0.448. The number of anilines is 3. The molecule has 3 aliphatic rings. The first kappa shape index (κ1) is 25.6. The second-order valence-corrected chi connectivity index (χ2v) is 12.5. The SMILES string of the molecule is CC(C)(C)OC(=O)N1CCCC(NC(=O)c2sc3nccc4c3c2NC(=O)N4c2cccc(C3CCC3)c2)C1. The van der Waals surface area contributed by atoms with Crippen LogP contribution in [0.1, 0.15) is 74.0 Å². The number of hydrogen-bond acceptors (Lipinski definition) is 6. The molecule has 1 saturated carbocycles. The quantitative estimate of drug-likeness (QED) is 0.395. The summed E-state index contributed by atoms with van der Waals surface area (Å²) in [7, 11) is 0. The lowest BCUT2D eigenvalue weighted by Crippen LogP contribution is -2.50. The summed E-state index contributed by atoms with van der Waals surface area (Å²) in [4.78, 5) is 48.5. The Labute approximate surface area is 231 Å². The highest BCUT2D eigenvalue weighted by molar-refractivity contribution is 7.21. The van der Waals surface area contributed by atoms with E-state index in [-0.39, 0.29) is 24.1 Å². The minimum absolute atomic E-state index is 0.214. The Hall–Kier alpha value is -3.66. The minimum atomic E-state index is -0.581. The van der Waals surface area contributed by atoms with Crippen LogP contribution >= 0.6 is 11.3 Å². The van der Waals surface area contributed by atoms with E-state index in [1.54, 1.807) is 16.0 Å². The zero-order valence-corrected chi connectivity index (χ0v) is 23.3. The fourth-order valence-corrected chi connectivity index (χ4v) is 6.52. The van der Waals surface area contributed by atoms with Crippen LogP contribution in [0.3, 0.4) is 0 Å². The molecule has 10 heteroatoms. The molecule has 0 radical (unpaired) electrons. The van der Waals surface area contributed by atoms with Crippen molar-refractivity contribution in [2.45, 2.75) is 70.4 Å². The van der Waals surface area contributed by atoms with Gasteiger partial charge >= 0.3 is 12.1 Å². The summed E-state index contributed by atoms with van der Waals surface area (Å²) in [5.74, 6) is 0.268. The average Bonchev–Trinajstić information content (AvgIpc) is 3.22. The van der Waals surface area contributed by atoms with Crippen LogP contribution < -0.4 is 15.5 Å². The summed E-state index contributed by atoms with van der Waals surface area (Å²) in [5, 5.41) is 6.83. The first-order valence-electron chi connectivity index (χ1n) is 13.6. The van der Waals surface area contributed by atoms with Gasteiger partial charge in [-0.1, -0.05) is 18.6 Å². The second kappa shape index (κ2) is 9.82. The van der Waals surface area contributed by atoms with Gasteiger partial charge in [-0.3, -0.25) is 9.69 Å². The van der Waals surface area contributed by atoms with E-state index in [2.05, 4.69) is 27.8 Å². The van der Waals surface area contributed by atoms with Gasteiger partial charge in [0.1, 0.15) is 15.3 Å². The molecule has 1 aliphatic carbocycles. The molecular weight excluding hydrogens is 514 g/mol. The van der Waals surface area contributed by atoms with Crippen molar-refractivity contribution >= 4 is 56.6 Å². The van der Waals surface area contributed by atoms with Crippen molar-refractivity contribution in [3.05, 3.63) is 47.0 Å². The zero-order valence-electron chi connectivity index (χ0n) is 22.5. The number of nitrogens with zero attached hydrogens (tertiary/aromatic N) is 3. The molecule has 6 rings (SSSR count). The molecular formula is C29H33N5O4S. The van der Waals surface area contributed by atoms with Crippen LogP contribution in [0, 0.1) is 0 Å². The zero-order chi connectivity index (χ0) is 27.3. The Morgan fingerprint density at radius 3 is 2.72 bits per heavy atom. The number of likely N-dealkylation sites (tertiary alicyclic amines) is 1. The van der Waals surface area contributed by atoms with Crippen LogP contribution in [-0.2, 0) is 4.74 Å². The number of thiophene rings is 1. The van der Waals surface area contributed by atoms with Gasteiger partial charge in [0.15, 0.2) is 0 Å². The Balaban J connectivity index is 1.26. The van der Waals surface area contributed by atoms with Crippen LogP contribution in [0.5, 0.6) is 0 Å². The molecule has 1 aromatic carbocycles. The van der Waals surface area contributed by atoms with Crippen molar-refractivity contribution < 1.29 is 19.1 Å². The number of amides is 4. The Bertz CT molecular complexity index is 1460. The van der Waals surface area contributed by atoms with Crippen molar-refractivity contribution in [2.24, 2.45) is 0 Å². The van der Waals surface area contributed by atoms with E-state index in [1.165, 1.54) is 36.2 Å². The van der Waals surface area contributed by atoms with E-state index in [9.17, 15) is 14.4 Å². The number of benzene rings is 1. The van der Waals surface area contributed by atoms with Crippen LogP contribution in [0.25, 0.3) is 10.2 Å². The molecule has 2 fully saturated rings. The Morgan fingerprint density at radius 2 is 1.97 bits per heavy atom. The first-order chi connectivity index (χ1) is 18.7. The standard InChI is InChI=1S/C29H33N5O4S/c1-29(2,3)38-28(37)33-14-6-10-19(16-33)31-25(35)24-23-22-21(12-13-30-26(22)39-24)34(27(36)32-23)20-11-5-9-18(15-20)17-7-4-8-17/h5,9,11-13,15,17,19H,4,6-8,10,14,16H2,1-3H3,(H,31,35)(H,32,36). The molecule has 2 aromatic heterocycles. The Morgan fingerprint density at radius 1 is 1.15 bits per heavy atom. The van der Waals surface area contributed by atoms with Gasteiger partial charge in [-0.05, 0) is 76.1 Å². The van der Waals surface area contributed by atoms with Crippen molar-refractivity contribution in [1.82, 2.24) is 15.2 Å². The molecule has 2 N–H and O–H groups in total. The maximum Gasteiger partial charge on any atom is 0.410 e. The third kappa shape index (κ3) is 4.93. The molecule has 1 saturated heterocycles. The largest absolute Gasteiger partial charge is 0.444 e. The molecule has 0 spiro atoms. The first-order valence-corrected chi connectivity index (χ1v) is 14.4. The predicted molar refractivity (Wildman–Crippen MR) is 152 cm³/mol. The van der Waals surface area contributed by atoms with Crippen LogP contribution in [-0.4, -0.2) is 52.6 Å². The molecule has 39 heavy (non-hydrogen) atoms. The molecule has 9 nitrogen and oxygen atoms in total. The number of piperidine rings is 1. The van der Waals surface area contributed by atoms with Crippen molar-refractivity contribution in [3.8, 4) is 0 Å². The lowest BCUT2D eigenvalue weighted by Gasteiger charge is -2.34. The molecule has 1 atom stereocenters. The highest BCUT2D eigenvalue weighted by Crippen LogP contribution is 2.46. The van der Waals surface area contributed by atoms with E-state index >= 15 is 0 Å². The molecule has 1 unspecified atom stereocenters. The maximum atomic E-state index is 13.5. The van der Waals surface area contributed by atoms with Crippen molar-refractivity contribution in [3.63, 3.8) is 0 Å². The number of urea groups is 1. The summed E-state index contributed by atoms with van der Waals surface area (Å²) < 4.78 is 5.52. The molecule has 2 aliphatic heterocycles. The number of pyridine rings is 1. The van der Waals surface area contributed by atoms with E-state index < -0.39 is 5.60 Å². The second-order valence-electron chi connectivity index (χ2n) is 11.5. The Kier molecular flexibility index (Phi) is 6.45. The highest BCUT2D eigenvalue weighted by atomic mass is 32.1. The number of nitrogens with one attached hydrogen (secondary N) is 2. The minimum Gasteiger partial charge on any atom is -0.444 e. The number of carbonyl (C=O) groups excluding carboxylic acids is 3. The van der Waals surface area contributed by atoms with Crippen LogP contribution in [0.15, 0.2) is 36.5 Å². The predicted octanol–water partition coefficient (Wildman–Crippen LogP) is 6.38. The van der Waals surface area contributed by atoms with Gasteiger partial charge < -0.3 is 20.3 Å². The summed E-state index contributed by atoms with van der Waals surface area (Å²) in [6.45, 7) is 6.48. The smallest absolute Gasteiger partial charge is 0.410 e. The van der Waals surface area contributed by atoms with Crippen molar-refractivity contribution in [2.75, 3.05) is 23.3 Å². The summed E-state index contributed by atoms with van der Waals surface area (Å²) in [6.07, 6.45) is 6.43. The average molecular weight is 548 g/mol. The summed E-state index contributed by atoms with van der Waals surface area (Å²) >= 11 is 1.26. The molecule has 4 amide bonds. The van der Waals surface area contributed by atoms with Crippen LogP contribution in [0.2, 0.25) is 0 Å². The topological polar surface area (TPSA) is 104 Å². The third-order valence-electron chi connectivity index (χ3n) is 7.57. The van der Waals surface area contributed by atoms with Gasteiger partial charge in [-0.15, -0.1) is 11.3 Å². The van der Waals surface area contributed by atoms with Gasteiger partial charge in [0, 0.05) is 25.3 Å². The molecule has 0 bridgehead atoms. The number of ether oxygens (including phenoxy) is 1. The van der Waals surface area contributed by atoms with Gasteiger partial charge in [-0.2, -0.15) is 0 Å². The van der Waals surface area contributed by atoms with Gasteiger partial charge in [0.25, 0.3) is 5.91 Å². The monoisotopic (exact) mass is 547 g/mol. The lowest BCUT2D eigenvalue weighted by atomic mass is 9.80. The normalized spacial score (nSPS) is 19.5. The number of rotatable bonds is 4. The number of aromatic nitrogens is 1. The molecule has 4 heterocycles. The molecule has 204 valence electrons. The maximum absolute atomic E-state index is 13.5. The van der Waals surface area contributed by atoms with Crippen LogP contribution in [0.4, 0.5) is 26.7 Å². The summed E-state index contributed by atoms with van der Waals surface area (Å²) in [5.41, 5.74) is 2.68. The van der Waals surface area contributed by atoms with Gasteiger partial charge in [-0.25, -0.2) is 14.6 Å². The molecule has 3 aromatic rings. The van der Waals surface area contributed by atoms with Gasteiger partial charge in [0.2, 0.25) is 0 Å². The number of hydrogen-bond donors (Lipinski definition) is 2. The van der Waals surface area contributed by atoms with Gasteiger partial charge in [0.05, 0.1) is 22.4 Å². The van der Waals surface area contributed by atoms with Crippen molar-refractivity contribution in [1.29, 1.82) is 0 Å². The highest BCUT2D eigenvalue weighted by Gasteiger charge is 2.35. The van der Waals surface area contributed by atoms with E-state index in [1.807, 2.05) is 39.0 Å². The van der Waals surface area contributed by atoms with E-state index in [4.69, 9.17) is 4.74 Å². The lowest BCUT2D eigenvalue weighted by molar-refractivity contribution is 0.0185. The van der Waals surface area contributed by atoms with E-state index in [0.29, 0.717) is 40.1 Å². The summed E-state index contributed by atoms with van der Waals surface area (Å²) in [6, 6.07) is 9.48.